The fourth-order valence-electron chi connectivity index (χ4n) is 1.82. The second-order valence-electron chi connectivity index (χ2n) is 4.12. The van der Waals surface area contributed by atoms with Gasteiger partial charge in [0, 0.05) is 6.08 Å². The summed E-state index contributed by atoms with van der Waals surface area (Å²) in [6, 6.07) is 5.05. The molecule has 0 saturated heterocycles. The number of nitrogens with zero attached hydrogens (tertiary/aromatic N) is 2. The highest BCUT2D eigenvalue weighted by Gasteiger charge is 2.41. The zero-order chi connectivity index (χ0) is 14.2. The first-order valence-corrected chi connectivity index (χ1v) is 6.83. The Kier molecular flexibility index (Phi) is 3.32. The molecule has 1 aliphatic rings. The van der Waals surface area contributed by atoms with Crippen LogP contribution in [0.15, 0.2) is 34.7 Å². The van der Waals surface area contributed by atoms with Crippen LogP contribution in [0.25, 0.3) is 0 Å². The lowest BCUT2D eigenvalue weighted by Gasteiger charge is -2.36. The fraction of sp³-hybridized carbons (Fsp3) is 0.167. The van der Waals surface area contributed by atoms with Crippen molar-refractivity contribution in [3.63, 3.8) is 0 Å². The Bertz CT molecular complexity index is 622. The van der Waals surface area contributed by atoms with Gasteiger partial charge in [0.2, 0.25) is 0 Å². The van der Waals surface area contributed by atoms with Gasteiger partial charge in [0.15, 0.2) is 0 Å². The highest BCUT2D eigenvalue weighted by atomic mass is 32.3. The van der Waals surface area contributed by atoms with Crippen LogP contribution in [0.5, 0.6) is 0 Å². The molecule has 0 unspecified atom stereocenters. The number of rotatable bonds is 2. The zero-order valence-corrected chi connectivity index (χ0v) is 10.8. The summed E-state index contributed by atoms with van der Waals surface area (Å²) in [5, 5.41) is 8.52. The maximum Gasteiger partial charge on any atom is 0.274 e. The Hall–Kier alpha value is -1.88. The third kappa shape index (κ3) is 2.21. The lowest BCUT2D eigenvalue weighted by atomic mass is 10.2. The van der Waals surface area contributed by atoms with Crippen LogP contribution in [-0.2, 0) is 0 Å². The first-order chi connectivity index (χ1) is 8.87. The van der Waals surface area contributed by atoms with Crippen molar-refractivity contribution in [3.05, 3.63) is 41.2 Å². The van der Waals surface area contributed by atoms with Gasteiger partial charge < -0.3 is 0 Å². The van der Waals surface area contributed by atoms with E-state index in [4.69, 9.17) is 5.26 Å². The second kappa shape index (κ2) is 4.66. The zero-order valence-electron chi connectivity index (χ0n) is 10.00. The van der Waals surface area contributed by atoms with Crippen LogP contribution in [-0.4, -0.2) is 25.9 Å². The SMILES string of the molecule is CC(=CC#N)CN1C(=O)c2cc(F)ccc2S1(O)O. The summed E-state index contributed by atoms with van der Waals surface area (Å²) in [5.74, 6) is -1.27. The van der Waals surface area contributed by atoms with Gasteiger partial charge in [-0.3, -0.25) is 13.9 Å². The first kappa shape index (κ1) is 13.5. The summed E-state index contributed by atoms with van der Waals surface area (Å²) in [6.07, 6.45) is 1.21. The molecular weight excluding hydrogens is 271 g/mol. The molecule has 0 radical (unpaired) electrons. The van der Waals surface area contributed by atoms with Gasteiger partial charge >= 0.3 is 0 Å². The molecule has 7 heteroatoms. The van der Waals surface area contributed by atoms with Crippen molar-refractivity contribution in [2.45, 2.75) is 11.8 Å². The summed E-state index contributed by atoms with van der Waals surface area (Å²) < 4.78 is 34.2. The molecule has 2 rings (SSSR count). The van der Waals surface area contributed by atoms with Crippen molar-refractivity contribution in [1.29, 1.82) is 5.26 Å². The number of nitriles is 1. The smallest absolute Gasteiger partial charge is 0.274 e. The molecule has 1 amide bonds. The van der Waals surface area contributed by atoms with Crippen LogP contribution in [0, 0.1) is 17.1 Å². The van der Waals surface area contributed by atoms with E-state index in [0.29, 0.717) is 5.57 Å². The molecule has 0 saturated carbocycles. The quantitative estimate of drug-likeness (QED) is 0.817. The number of benzene rings is 1. The number of carbonyl (C=O) groups excluding carboxylic acids is 1. The molecule has 19 heavy (non-hydrogen) atoms. The van der Waals surface area contributed by atoms with E-state index >= 15 is 0 Å². The molecule has 5 nitrogen and oxygen atoms in total. The lowest BCUT2D eigenvalue weighted by molar-refractivity contribution is 0.0870. The van der Waals surface area contributed by atoms with Gasteiger partial charge in [-0.05, 0) is 30.7 Å². The van der Waals surface area contributed by atoms with Crippen molar-refractivity contribution in [2.24, 2.45) is 0 Å². The second-order valence-corrected chi connectivity index (χ2v) is 6.04. The summed E-state index contributed by atoms with van der Waals surface area (Å²) in [4.78, 5) is 12.1. The molecule has 2 N–H and O–H groups in total. The standard InChI is InChI=1S/C12H11FN2O3S/c1-8(4-5-14)7-15-12(16)10-6-9(13)2-3-11(10)19(15,17)18/h2-4,6,17-18H,7H2,1H3. The van der Waals surface area contributed by atoms with E-state index in [9.17, 15) is 18.3 Å². The van der Waals surface area contributed by atoms with Crippen molar-refractivity contribution >= 4 is 16.7 Å². The van der Waals surface area contributed by atoms with Crippen LogP contribution < -0.4 is 0 Å². The van der Waals surface area contributed by atoms with Crippen molar-refractivity contribution in [3.8, 4) is 6.07 Å². The van der Waals surface area contributed by atoms with Crippen LogP contribution in [0.1, 0.15) is 17.3 Å². The molecule has 0 bridgehead atoms. The Morgan fingerprint density at radius 2 is 2.26 bits per heavy atom. The summed E-state index contributed by atoms with van der Waals surface area (Å²) in [7, 11) is -3.46. The Labute approximate surface area is 111 Å². The van der Waals surface area contributed by atoms with Crippen molar-refractivity contribution in [2.75, 3.05) is 6.54 Å². The van der Waals surface area contributed by atoms with E-state index in [2.05, 4.69) is 0 Å². The molecule has 1 aromatic rings. The van der Waals surface area contributed by atoms with Gasteiger partial charge in [-0.2, -0.15) is 5.26 Å². The average Bonchev–Trinajstić information content (AvgIpc) is 2.51. The molecule has 1 heterocycles. The minimum atomic E-state index is -3.46. The predicted octanol–water partition coefficient (Wildman–Crippen LogP) is 2.78. The van der Waals surface area contributed by atoms with E-state index in [0.717, 1.165) is 16.4 Å². The molecule has 0 atom stereocenters. The molecule has 100 valence electrons. The van der Waals surface area contributed by atoms with E-state index in [1.807, 2.05) is 0 Å². The van der Waals surface area contributed by atoms with Gasteiger partial charge in [0.1, 0.15) is 5.82 Å². The summed E-state index contributed by atoms with van der Waals surface area (Å²) in [5.41, 5.74) is 0.453. The molecular formula is C12H11FN2O3S. The van der Waals surface area contributed by atoms with E-state index < -0.39 is 22.5 Å². The fourth-order valence-corrected chi connectivity index (χ4v) is 3.46. The first-order valence-electron chi connectivity index (χ1n) is 5.33. The predicted molar refractivity (Wildman–Crippen MR) is 67.9 cm³/mol. The van der Waals surface area contributed by atoms with Gasteiger partial charge in [0.05, 0.1) is 23.1 Å². The largest absolute Gasteiger partial charge is 0.277 e. The van der Waals surface area contributed by atoms with Crippen molar-refractivity contribution in [1.82, 2.24) is 4.31 Å². The number of hydrogen-bond acceptors (Lipinski definition) is 4. The third-order valence-corrected chi connectivity index (χ3v) is 4.56. The number of carbonyl (C=O) groups is 1. The van der Waals surface area contributed by atoms with Crippen LogP contribution in [0.2, 0.25) is 0 Å². The molecule has 1 aromatic carbocycles. The van der Waals surface area contributed by atoms with Crippen LogP contribution in [0.3, 0.4) is 0 Å². The van der Waals surface area contributed by atoms with Gasteiger partial charge in [-0.1, -0.05) is 10.8 Å². The van der Waals surface area contributed by atoms with Crippen LogP contribution in [0.4, 0.5) is 4.39 Å². The number of amides is 1. The van der Waals surface area contributed by atoms with E-state index in [1.165, 1.54) is 12.1 Å². The highest BCUT2D eigenvalue weighted by Crippen LogP contribution is 2.58. The number of halogens is 1. The average molecular weight is 282 g/mol. The molecule has 0 aromatic heterocycles. The van der Waals surface area contributed by atoms with Gasteiger partial charge in [-0.15, -0.1) is 0 Å². The van der Waals surface area contributed by atoms with E-state index in [1.54, 1.807) is 13.0 Å². The van der Waals surface area contributed by atoms with Crippen molar-refractivity contribution < 1.29 is 18.3 Å². The normalized spacial score (nSPS) is 19.0. The lowest BCUT2D eigenvalue weighted by Crippen LogP contribution is -2.29. The van der Waals surface area contributed by atoms with Gasteiger partial charge in [-0.25, -0.2) is 8.70 Å². The topological polar surface area (TPSA) is 84.6 Å². The number of allylic oxidation sites excluding steroid dienone is 1. The van der Waals surface area contributed by atoms with E-state index in [-0.39, 0.29) is 17.0 Å². The maximum absolute atomic E-state index is 13.1. The Morgan fingerprint density at radius 3 is 2.89 bits per heavy atom. The summed E-state index contributed by atoms with van der Waals surface area (Å²) >= 11 is 0. The molecule has 0 fully saturated rings. The van der Waals surface area contributed by atoms with Crippen LogP contribution >= 0.6 is 10.8 Å². The minimum absolute atomic E-state index is 0.0173. The highest BCUT2D eigenvalue weighted by molar-refractivity contribution is 8.23. The third-order valence-electron chi connectivity index (χ3n) is 2.70. The Balaban J connectivity index is 2.43. The molecule has 1 aliphatic heterocycles. The number of hydrogen-bond donors (Lipinski definition) is 2. The summed E-state index contributed by atoms with van der Waals surface area (Å²) in [6.45, 7) is 1.50. The maximum atomic E-state index is 13.1. The number of fused-ring (bicyclic) bond motifs is 1. The molecule has 0 spiro atoms. The van der Waals surface area contributed by atoms with Gasteiger partial charge in [0.25, 0.3) is 5.91 Å². The minimum Gasteiger partial charge on any atom is -0.277 e. The Morgan fingerprint density at radius 1 is 1.58 bits per heavy atom. The molecule has 0 aliphatic carbocycles. The monoisotopic (exact) mass is 282 g/mol.